The molecule has 0 saturated heterocycles. The van der Waals surface area contributed by atoms with Gasteiger partial charge in [-0.2, -0.15) is 5.26 Å². The number of fused-ring (bicyclic) bond motifs is 6. The van der Waals surface area contributed by atoms with E-state index in [1.165, 1.54) is 5.56 Å². The maximum Gasteiger partial charge on any atom is 0.268 e. The summed E-state index contributed by atoms with van der Waals surface area (Å²) in [6, 6.07) is 46.5. The first-order chi connectivity index (χ1) is 23.9. The Labute approximate surface area is 284 Å². The zero-order chi connectivity index (χ0) is 33.3. The second-order valence-electron chi connectivity index (χ2n) is 13.5. The number of benzene rings is 5. The quantitative estimate of drug-likeness (QED) is 0.143. The van der Waals surface area contributed by atoms with Gasteiger partial charge in [-0.25, -0.2) is 4.98 Å². The number of rotatable bonds is 4. The summed E-state index contributed by atoms with van der Waals surface area (Å²) in [4.78, 5) is 5.44. The molecule has 6 nitrogen and oxygen atoms in total. The lowest BCUT2D eigenvalue weighted by Crippen LogP contribution is -2.28. The summed E-state index contributed by atoms with van der Waals surface area (Å²) in [7, 11) is 0. The maximum absolute atomic E-state index is 10.8. The van der Waals surface area contributed by atoms with Crippen LogP contribution in [0, 0.1) is 17.7 Å². The summed E-state index contributed by atoms with van der Waals surface area (Å²) in [5.41, 5.74) is 9.50. The Morgan fingerprint density at radius 1 is 0.653 bits per heavy atom. The van der Waals surface area contributed by atoms with Gasteiger partial charge in [0.25, 0.3) is 6.33 Å². The van der Waals surface area contributed by atoms with Crippen LogP contribution in [0.15, 0.2) is 140 Å². The Bertz CT molecular complexity index is 2750. The number of pyridine rings is 1. The molecule has 4 aromatic heterocycles. The minimum atomic E-state index is 0.0961. The van der Waals surface area contributed by atoms with Crippen molar-refractivity contribution in [2.75, 3.05) is 0 Å². The van der Waals surface area contributed by atoms with E-state index in [1.807, 2.05) is 64.0 Å². The SMILES string of the molecule is CC(C)(C)c1ccc(-[n+]2[c-]n(-c3cccc(-n4c5ccccc5c5c(C#N)c6c7ccccc7n(-c7ccccc7)c6nc54)c3)cc2)cc1. The van der Waals surface area contributed by atoms with Crippen molar-refractivity contribution >= 4 is 43.9 Å². The molecule has 234 valence electrons. The normalized spacial score (nSPS) is 12.0. The molecular weight excluding hydrogens is 601 g/mol. The molecule has 0 N–H and O–H groups in total. The van der Waals surface area contributed by atoms with Gasteiger partial charge in [0, 0.05) is 45.3 Å². The van der Waals surface area contributed by atoms with Crippen molar-refractivity contribution in [1.29, 1.82) is 5.26 Å². The van der Waals surface area contributed by atoms with Gasteiger partial charge >= 0.3 is 0 Å². The molecule has 0 fully saturated rings. The number of imidazole rings is 1. The molecule has 0 aliphatic rings. The lowest BCUT2D eigenvalue weighted by molar-refractivity contribution is -0.599. The van der Waals surface area contributed by atoms with Crippen LogP contribution in [-0.4, -0.2) is 18.7 Å². The summed E-state index contributed by atoms with van der Waals surface area (Å²) in [6.07, 6.45) is 7.55. The summed E-state index contributed by atoms with van der Waals surface area (Å²) in [5.74, 6) is 0. The van der Waals surface area contributed by atoms with E-state index in [4.69, 9.17) is 4.98 Å². The molecule has 6 heteroatoms. The predicted molar refractivity (Wildman–Crippen MR) is 196 cm³/mol. The van der Waals surface area contributed by atoms with Gasteiger partial charge in [-0.1, -0.05) is 93.6 Å². The van der Waals surface area contributed by atoms with Crippen molar-refractivity contribution in [3.63, 3.8) is 0 Å². The monoisotopic (exact) mass is 632 g/mol. The highest BCUT2D eigenvalue weighted by Gasteiger charge is 2.24. The van der Waals surface area contributed by atoms with Crippen LogP contribution in [0.5, 0.6) is 0 Å². The third-order valence-corrected chi connectivity index (χ3v) is 9.50. The van der Waals surface area contributed by atoms with Gasteiger partial charge in [-0.3, -0.25) is 18.3 Å². The van der Waals surface area contributed by atoms with Gasteiger partial charge in [0.05, 0.1) is 28.0 Å². The van der Waals surface area contributed by atoms with E-state index >= 15 is 0 Å². The van der Waals surface area contributed by atoms with Gasteiger partial charge in [-0.15, -0.1) is 0 Å². The maximum atomic E-state index is 10.8. The van der Waals surface area contributed by atoms with E-state index in [1.54, 1.807) is 0 Å². The van der Waals surface area contributed by atoms with Gasteiger partial charge in [0.15, 0.2) is 0 Å². The van der Waals surface area contributed by atoms with Crippen LogP contribution in [-0.2, 0) is 5.41 Å². The Morgan fingerprint density at radius 3 is 1.86 bits per heavy atom. The molecular formula is C43H32N6. The van der Waals surface area contributed by atoms with Gasteiger partial charge in [-0.05, 0) is 65.6 Å². The summed E-state index contributed by atoms with van der Waals surface area (Å²) >= 11 is 0. The van der Waals surface area contributed by atoms with Crippen molar-refractivity contribution in [2.45, 2.75) is 26.2 Å². The first-order valence-electron chi connectivity index (χ1n) is 16.5. The molecule has 0 atom stereocenters. The highest BCUT2D eigenvalue weighted by Crippen LogP contribution is 2.40. The van der Waals surface area contributed by atoms with Gasteiger partial charge in [0.1, 0.15) is 17.4 Å². The van der Waals surface area contributed by atoms with Crippen LogP contribution in [0.25, 0.3) is 66.6 Å². The minimum Gasteiger partial charge on any atom is -0.299 e. The van der Waals surface area contributed by atoms with Crippen LogP contribution >= 0.6 is 0 Å². The molecule has 9 aromatic rings. The van der Waals surface area contributed by atoms with Crippen molar-refractivity contribution in [2.24, 2.45) is 0 Å². The largest absolute Gasteiger partial charge is 0.299 e. The first-order valence-corrected chi connectivity index (χ1v) is 16.5. The number of nitriles is 1. The van der Waals surface area contributed by atoms with Crippen LogP contribution < -0.4 is 4.57 Å². The Morgan fingerprint density at radius 2 is 1.22 bits per heavy atom. The zero-order valence-corrected chi connectivity index (χ0v) is 27.5. The third kappa shape index (κ3) is 4.47. The molecule has 0 aliphatic heterocycles. The molecule has 0 bridgehead atoms. The number of para-hydroxylation sites is 3. The molecule has 49 heavy (non-hydrogen) atoms. The minimum absolute atomic E-state index is 0.0961. The molecule has 9 rings (SSSR count). The molecule has 5 aromatic carbocycles. The van der Waals surface area contributed by atoms with Gasteiger partial charge < -0.3 is 0 Å². The summed E-state index contributed by atoms with van der Waals surface area (Å²) < 4.78 is 8.38. The molecule has 0 amide bonds. The molecule has 4 heterocycles. The lowest BCUT2D eigenvalue weighted by Gasteiger charge is -2.19. The number of nitrogens with zero attached hydrogens (tertiary/aromatic N) is 6. The van der Waals surface area contributed by atoms with E-state index in [-0.39, 0.29) is 5.41 Å². The second-order valence-corrected chi connectivity index (χ2v) is 13.5. The standard InChI is InChI=1S/C43H32N6/c1-43(2,3)29-20-22-30(23-21-29)46-24-25-47(28-46)32-14-11-15-33(26-32)49-38-19-10-8-17-35(38)40-36(27-44)39-34-16-7-9-18-37(34)48(41(39)45-42(40)49)31-12-5-4-6-13-31/h4-26H,1-3H3. The Kier molecular flexibility index (Phi) is 6.33. The van der Waals surface area contributed by atoms with Crippen LogP contribution in [0.3, 0.4) is 0 Å². The Balaban J connectivity index is 1.26. The molecule has 0 unspecified atom stereocenters. The summed E-state index contributed by atoms with van der Waals surface area (Å²) in [5, 5.41) is 14.6. The highest BCUT2D eigenvalue weighted by molar-refractivity contribution is 6.20. The van der Waals surface area contributed by atoms with Crippen molar-refractivity contribution in [1.82, 2.24) is 18.7 Å². The third-order valence-electron chi connectivity index (χ3n) is 9.50. The van der Waals surface area contributed by atoms with Crippen LogP contribution in [0.1, 0.15) is 31.9 Å². The van der Waals surface area contributed by atoms with Crippen molar-refractivity contribution < 1.29 is 4.57 Å². The topological polar surface area (TPSA) is 55.4 Å². The van der Waals surface area contributed by atoms with Crippen LogP contribution in [0.4, 0.5) is 0 Å². The first kappa shape index (κ1) is 28.7. The molecule has 0 aliphatic carbocycles. The van der Waals surface area contributed by atoms with E-state index in [0.717, 1.165) is 66.6 Å². The van der Waals surface area contributed by atoms with Crippen LogP contribution in [0.2, 0.25) is 0 Å². The molecule has 0 radical (unpaired) electrons. The van der Waals surface area contributed by atoms with E-state index in [9.17, 15) is 5.26 Å². The fraction of sp³-hybridized carbons (Fsp3) is 0.0930. The van der Waals surface area contributed by atoms with E-state index in [0.29, 0.717) is 5.56 Å². The van der Waals surface area contributed by atoms with E-state index < -0.39 is 0 Å². The molecule has 0 spiro atoms. The van der Waals surface area contributed by atoms with Gasteiger partial charge in [0.2, 0.25) is 0 Å². The van der Waals surface area contributed by atoms with Crippen molar-refractivity contribution in [3.05, 3.63) is 157 Å². The van der Waals surface area contributed by atoms with E-state index in [2.05, 4.69) is 127 Å². The smallest absolute Gasteiger partial charge is 0.268 e. The second kappa shape index (κ2) is 10.8. The van der Waals surface area contributed by atoms with Crippen molar-refractivity contribution in [3.8, 4) is 28.8 Å². The number of hydrogen-bond acceptors (Lipinski definition) is 2. The lowest BCUT2D eigenvalue weighted by atomic mass is 9.87. The predicted octanol–water partition coefficient (Wildman–Crippen LogP) is 9.31. The number of aromatic nitrogens is 5. The fourth-order valence-electron chi connectivity index (χ4n) is 7.10. The average Bonchev–Trinajstić information content (AvgIpc) is 3.84. The Hall–Kier alpha value is -6.45. The molecule has 0 saturated carbocycles. The highest BCUT2D eigenvalue weighted by atomic mass is 15.1. The number of hydrogen-bond donors (Lipinski definition) is 0. The average molecular weight is 633 g/mol. The summed E-state index contributed by atoms with van der Waals surface area (Å²) in [6.45, 7) is 6.68. The zero-order valence-electron chi connectivity index (χ0n) is 27.5. The fourth-order valence-corrected chi connectivity index (χ4v) is 7.10.